The van der Waals surface area contributed by atoms with E-state index in [9.17, 15) is 4.79 Å². The van der Waals surface area contributed by atoms with Crippen LogP contribution in [0.3, 0.4) is 0 Å². The zero-order chi connectivity index (χ0) is 7.72. The summed E-state index contributed by atoms with van der Waals surface area (Å²) in [6.45, 7) is 0. The third-order valence-corrected chi connectivity index (χ3v) is 1.99. The molecule has 1 aliphatic rings. The summed E-state index contributed by atoms with van der Waals surface area (Å²) in [5.41, 5.74) is 5.15. The standard InChI is InChI=1S/C6H10N2O2.ClH/c7-5(8)3-1-2-4(3)6(9)10;/h3-4H,1-2H2,(H3,7,8)(H,9,10);1H. The predicted molar refractivity (Wildman–Crippen MR) is 43.0 cm³/mol. The Balaban J connectivity index is 0.000001000. The molecule has 0 aromatic heterocycles. The Morgan fingerprint density at radius 1 is 1.45 bits per heavy atom. The molecule has 1 saturated carbocycles. The van der Waals surface area contributed by atoms with Crippen LogP contribution < -0.4 is 5.73 Å². The van der Waals surface area contributed by atoms with Gasteiger partial charge in [-0.3, -0.25) is 10.2 Å². The zero-order valence-electron chi connectivity index (χ0n) is 5.91. The Bertz CT molecular complexity index is 163. The lowest BCUT2D eigenvalue weighted by molar-refractivity contribution is -0.146. The van der Waals surface area contributed by atoms with Gasteiger partial charge in [-0.05, 0) is 12.8 Å². The van der Waals surface area contributed by atoms with Crippen molar-refractivity contribution in [3.8, 4) is 0 Å². The monoisotopic (exact) mass is 178 g/mol. The first kappa shape index (κ1) is 10.2. The van der Waals surface area contributed by atoms with Crippen LogP contribution in [0.4, 0.5) is 0 Å². The second-order valence-electron chi connectivity index (χ2n) is 2.58. The Labute approximate surface area is 70.7 Å². The van der Waals surface area contributed by atoms with Crippen LogP contribution >= 0.6 is 12.4 Å². The molecule has 0 aliphatic heterocycles. The normalized spacial score (nSPS) is 28.0. The summed E-state index contributed by atoms with van der Waals surface area (Å²) in [5, 5.41) is 15.5. The van der Waals surface area contributed by atoms with Crippen LogP contribution in [0, 0.1) is 17.2 Å². The number of aliphatic carboxylic acids is 1. The fraction of sp³-hybridized carbons (Fsp3) is 0.667. The van der Waals surface area contributed by atoms with Gasteiger partial charge >= 0.3 is 5.97 Å². The summed E-state index contributed by atoms with van der Waals surface area (Å²) < 4.78 is 0. The van der Waals surface area contributed by atoms with Gasteiger partial charge in [0.05, 0.1) is 11.8 Å². The number of rotatable bonds is 2. The highest BCUT2D eigenvalue weighted by atomic mass is 35.5. The van der Waals surface area contributed by atoms with Crippen LogP contribution in [0.25, 0.3) is 0 Å². The first-order chi connectivity index (χ1) is 4.63. The number of amidine groups is 1. The second kappa shape index (κ2) is 3.57. The molecule has 5 heteroatoms. The summed E-state index contributed by atoms with van der Waals surface area (Å²) >= 11 is 0. The van der Waals surface area contributed by atoms with Gasteiger partial charge in [0, 0.05) is 5.92 Å². The number of carbonyl (C=O) groups is 1. The van der Waals surface area contributed by atoms with Crippen LogP contribution in [0.15, 0.2) is 0 Å². The molecule has 1 aliphatic carbocycles. The van der Waals surface area contributed by atoms with Crippen molar-refractivity contribution >= 4 is 24.2 Å². The minimum atomic E-state index is -0.827. The summed E-state index contributed by atoms with van der Waals surface area (Å²) in [6.07, 6.45) is 1.42. The molecule has 0 saturated heterocycles. The molecule has 4 nitrogen and oxygen atoms in total. The Morgan fingerprint density at radius 2 is 1.91 bits per heavy atom. The quantitative estimate of drug-likeness (QED) is 0.424. The second-order valence-corrected chi connectivity index (χ2v) is 2.58. The van der Waals surface area contributed by atoms with Gasteiger partial charge in [-0.15, -0.1) is 12.4 Å². The molecule has 1 rings (SSSR count). The van der Waals surface area contributed by atoms with E-state index in [4.69, 9.17) is 16.2 Å². The Morgan fingerprint density at radius 3 is 2.00 bits per heavy atom. The van der Waals surface area contributed by atoms with Crippen molar-refractivity contribution in [2.45, 2.75) is 12.8 Å². The van der Waals surface area contributed by atoms with Crippen molar-refractivity contribution in [1.82, 2.24) is 0 Å². The van der Waals surface area contributed by atoms with Crippen LogP contribution in [-0.2, 0) is 4.79 Å². The lowest BCUT2D eigenvalue weighted by Gasteiger charge is -2.31. The van der Waals surface area contributed by atoms with E-state index < -0.39 is 11.9 Å². The van der Waals surface area contributed by atoms with E-state index in [1.54, 1.807) is 0 Å². The van der Waals surface area contributed by atoms with E-state index in [-0.39, 0.29) is 24.2 Å². The molecule has 0 aromatic rings. The van der Waals surface area contributed by atoms with E-state index in [2.05, 4.69) is 0 Å². The molecule has 2 unspecified atom stereocenters. The Hall–Kier alpha value is -0.770. The number of halogens is 1. The number of carboxylic acids is 1. The topological polar surface area (TPSA) is 87.2 Å². The molecule has 2 atom stereocenters. The van der Waals surface area contributed by atoms with Crippen molar-refractivity contribution in [1.29, 1.82) is 5.41 Å². The van der Waals surface area contributed by atoms with Crippen molar-refractivity contribution < 1.29 is 9.90 Å². The fourth-order valence-corrected chi connectivity index (χ4v) is 1.17. The average Bonchev–Trinajstić information content (AvgIpc) is 1.56. The van der Waals surface area contributed by atoms with E-state index >= 15 is 0 Å². The number of carboxylic acid groups (broad SMARTS) is 1. The minimum Gasteiger partial charge on any atom is -0.481 e. The fourth-order valence-electron chi connectivity index (χ4n) is 1.17. The number of nitrogens with two attached hydrogens (primary N) is 1. The molecule has 11 heavy (non-hydrogen) atoms. The molecule has 0 spiro atoms. The van der Waals surface area contributed by atoms with Gasteiger partial charge in [0.1, 0.15) is 0 Å². The molecular weight excluding hydrogens is 168 g/mol. The van der Waals surface area contributed by atoms with E-state index in [1.165, 1.54) is 0 Å². The predicted octanol–water partition coefficient (Wildman–Crippen LogP) is 0.455. The van der Waals surface area contributed by atoms with Gasteiger partial charge < -0.3 is 10.8 Å². The van der Waals surface area contributed by atoms with Crippen LogP contribution in [0.5, 0.6) is 0 Å². The molecular formula is C6H11ClN2O2. The maximum absolute atomic E-state index is 10.3. The van der Waals surface area contributed by atoms with Gasteiger partial charge in [-0.1, -0.05) is 0 Å². The van der Waals surface area contributed by atoms with Gasteiger partial charge in [-0.25, -0.2) is 0 Å². The highest BCUT2D eigenvalue weighted by Gasteiger charge is 2.38. The minimum absolute atomic E-state index is 0. The van der Waals surface area contributed by atoms with Crippen molar-refractivity contribution in [3.05, 3.63) is 0 Å². The van der Waals surface area contributed by atoms with Crippen LogP contribution in [0.2, 0.25) is 0 Å². The first-order valence-corrected chi connectivity index (χ1v) is 3.19. The molecule has 0 aromatic carbocycles. The third kappa shape index (κ3) is 1.83. The van der Waals surface area contributed by atoms with E-state index in [1.807, 2.05) is 0 Å². The molecule has 64 valence electrons. The van der Waals surface area contributed by atoms with Gasteiger partial charge in [0.15, 0.2) is 0 Å². The summed E-state index contributed by atoms with van der Waals surface area (Å²) in [5.74, 6) is -1.40. The highest BCUT2D eigenvalue weighted by molar-refractivity contribution is 5.86. The Kier molecular flexibility index (Phi) is 3.32. The summed E-state index contributed by atoms with van der Waals surface area (Å²) in [4.78, 5) is 10.3. The maximum atomic E-state index is 10.3. The lowest BCUT2D eigenvalue weighted by Crippen LogP contribution is -2.41. The lowest BCUT2D eigenvalue weighted by atomic mass is 9.73. The number of hydrogen-bond acceptors (Lipinski definition) is 2. The molecule has 0 bridgehead atoms. The summed E-state index contributed by atoms with van der Waals surface area (Å²) in [6, 6.07) is 0. The highest BCUT2D eigenvalue weighted by Crippen LogP contribution is 2.33. The SMILES string of the molecule is Cl.N=C(N)C1CCC1C(=O)O. The smallest absolute Gasteiger partial charge is 0.307 e. The van der Waals surface area contributed by atoms with Gasteiger partial charge in [-0.2, -0.15) is 0 Å². The van der Waals surface area contributed by atoms with Gasteiger partial charge in [0.25, 0.3) is 0 Å². The molecule has 0 heterocycles. The maximum Gasteiger partial charge on any atom is 0.307 e. The third-order valence-electron chi connectivity index (χ3n) is 1.99. The van der Waals surface area contributed by atoms with Crippen molar-refractivity contribution in [3.63, 3.8) is 0 Å². The average molecular weight is 179 g/mol. The molecule has 4 N–H and O–H groups in total. The molecule has 0 amide bonds. The number of hydrogen-bond donors (Lipinski definition) is 3. The van der Waals surface area contributed by atoms with Gasteiger partial charge in [0.2, 0.25) is 0 Å². The van der Waals surface area contributed by atoms with Crippen molar-refractivity contribution in [2.24, 2.45) is 17.6 Å². The van der Waals surface area contributed by atoms with Crippen LogP contribution in [0.1, 0.15) is 12.8 Å². The summed E-state index contributed by atoms with van der Waals surface area (Å²) in [7, 11) is 0. The largest absolute Gasteiger partial charge is 0.481 e. The molecule has 0 radical (unpaired) electrons. The zero-order valence-corrected chi connectivity index (χ0v) is 6.73. The molecule has 1 fully saturated rings. The van der Waals surface area contributed by atoms with Crippen molar-refractivity contribution in [2.75, 3.05) is 0 Å². The van der Waals surface area contributed by atoms with E-state index in [0.717, 1.165) is 6.42 Å². The first-order valence-electron chi connectivity index (χ1n) is 3.19. The van der Waals surface area contributed by atoms with E-state index in [0.29, 0.717) is 6.42 Å². The van der Waals surface area contributed by atoms with Crippen LogP contribution in [-0.4, -0.2) is 16.9 Å². The number of nitrogens with one attached hydrogen (secondary N) is 1.